The third-order valence-corrected chi connectivity index (χ3v) is 8.10. The van der Waals surface area contributed by atoms with E-state index in [1.165, 1.54) is 106 Å². The zero-order valence-corrected chi connectivity index (χ0v) is 26.9. The van der Waals surface area contributed by atoms with Gasteiger partial charge in [-0.3, -0.25) is 0 Å². The quantitative estimate of drug-likeness (QED) is 0.0711. The lowest BCUT2D eigenvalue weighted by molar-refractivity contribution is -0.131. The van der Waals surface area contributed by atoms with Crippen LogP contribution in [0, 0.1) is 5.41 Å². The molecule has 0 spiro atoms. The Morgan fingerprint density at radius 1 is 0.875 bits per heavy atom. The molecule has 0 amide bonds. The van der Waals surface area contributed by atoms with E-state index >= 15 is 0 Å². The number of aliphatic carboxylic acids is 1. The van der Waals surface area contributed by atoms with Crippen molar-refractivity contribution in [2.24, 2.45) is 5.41 Å². The molecule has 1 aliphatic rings. The van der Waals surface area contributed by atoms with Crippen LogP contribution in [0.5, 0.6) is 0 Å². The van der Waals surface area contributed by atoms with E-state index in [0.717, 1.165) is 30.4 Å². The third kappa shape index (κ3) is 16.7. The highest BCUT2D eigenvalue weighted by atomic mass is 16.4. The summed E-state index contributed by atoms with van der Waals surface area (Å²) < 4.78 is 0. The normalized spacial score (nSPS) is 17.2. The van der Waals surface area contributed by atoms with Crippen LogP contribution in [0.1, 0.15) is 144 Å². The van der Waals surface area contributed by atoms with Crippen LogP contribution in [0.25, 0.3) is 0 Å². The molecule has 1 rings (SSSR count). The molecular formula is C38H60O2. The zero-order valence-electron chi connectivity index (χ0n) is 26.9. The second-order valence-corrected chi connectivity index (χ2v) is 12.4. The van der Waals surface area contributed by atoms with E-state index in [2.05, 4.69) is 83.2 Å². The molecule has 0 aromatic carbocycles. The lowest BCUT2D eigenvalue weighted by Gasteiger charge is -2.32. The minimum absolute atomic E-state index is 0.239. The molecule has 0 aromatic rings. The molecule has 0 radical (unpaired) electrons. The van der Waals surface area contributed by atoms with Gasteiger partial charge in [0.15, 0.2) is 0 Å². The summed E-state index contributed by atoms with van der Waals surface area (Å²) in [4.78, 5) is 11.3. The second kappa shape index (κ2) is 21.4. The maximum atomic E-state index is 11.3. The Labute approximate surface area is 247 Å². The molecule has 0 saturated heterocycles. The number of carboxylic acids is 1. The van der Waals surface area contributed by atoms with Crippen LogP contribution < -0.4 is 0 Å². The van der Waals surface area contributed by atoms with Gasteiger partial charge < -0.3 is 5.11 Å². The van der Waals surface area contributed by atoms with E-state index in [4.69, 9.17) is 0 Å². The Morgan fingerprint density at radius 3 is 2.12 bits per heavy atom. The number of carboxylic acid groups (broad SMARTS) is 1. The number of unbranched alkanes of at least 4 members (excludes halogenated alkanes) is 9. The molecule has 2 nitrogen and oxygen atoms in total. The van der Waals surface area contributed by atoms with Crippen LogP contribution in [0.2, 0.25) is 0 Å². The average Bonchev–Trinajstić information content (AvgIpc) is 2.89. The summed E-state index contributed by atoms with van der Waals surface area (Å²) in [5, 5.41) is 9.28. The van der Waals surface area contributed by atoms with Gasteiger partial charge in [0.2, 0.25) is 0 Å². The Balaban J connectivity index is 2.46. The van der Waals surface area contributed by atoms with Crippen molar-refractivity contribution in [1.82, 2.24) is 0 Å². The standard InChI is InChI=1S/C38H60O2/c1-7-8-9-10-11-12-13-14-15-16-17-18-19-20-21-22-25-35(34(4)31-37(39)40)28-26-32(2)27-29-36-33(3)24-23-30-38(36,5)6/h11-12,14-15,26-29,31H,7-10,13,16-25,30H2,1-6H3,(H,39,40)/b12-11-,15-14-,29-27+,32-26+,34-31+,35-28+. The second-order valence-electron chi connectivity index (χ2n) is 12.4. The average molecular weight is 549 g/mol. The van der Waals surface area contributed by atoms with Gasteiger partial charge in [-0.25, -0.2) is 4.79 Å². The van der Waals surface area contributed by atoms with Gasteiger partial charge in [-0.05, 0) is 107 Å². The Kier molecular flexibility index (Phi) is 19.1. The van der Waals surface area contributed by atoms with Crippen LogP contribution in [0.15, 0.2) is 82.5 Å². The van der Waals surface area contributed by atoms with Gasteiger partial charge in [-0.2, -0.15) is 0 Å². The highest BCUT2D eigenvalue weighted by molar-refractivity contribution is 5.81. The van der Waals surface area contributed by atoms with E-state index < -0.39 is 5.97 Å². The molecular weight excluding hydrogens is 488 g/mol. The van der Waals surface area contributed by atoms with E-state index in [0.29, 0.717) is 0 Å². The maximum Gasteiger partial charge on any atom is 0.328 e. The van der Waals surface area contributed by atoms with Crippen LogP contribution >= 0.6 is 0 Å². The van der Waals surface area contributed by atoms with E-state index in [1.807, 2.05) is 6.92 Å². The summed E-state index contributed by atoms with van der Waals surface area (Å²) in [6, 6.07) is 0. The summed E-state index contributed by atoms with van der Waals surface area (Å²) >= 11 is 0. The summed E-state index contributed by atoms with van der Waals surface area (Å²) in [5.74, 6) is -0.872. The fraction of sp³-hybridized carbons (Fsp3) is 0.605. The first-order chi connectivity index (χ1) is 19.2. The highest BCUT2D eigenvalue weighted by Gasteiger charge is 2.26. The molecule has 40 heavy (non-hydrogen) atoms. The monoisotopic (exact) mass is 548 g/mol. The number of hydrogen-bond donors (Lipinski definition) is 1. The summed E-state index contributed by atoms with van der Waals surface area (Å²) in [5.41, 5.74) is 6.40. The molecule has 0 unspecified atom stereocenters. The lowest BCUT2D eigenvalue weighted by atomic mass is 9.72. The molecule has 224 valence electrons. The fourth-order valence-electron chi connectivity index (χ4n) is 5.51. The summed E-state index contributed by atoms with van der Waals surface area (Å²) in [6.45, 7) is 13.3. The topological polar surface area (TPSA) is 37.3 Å². The summed E-state index contributed by atoms with van der Waals surface area (Å²) in [6.07, 6.45) is 38.9. The van der Waals surface area contributed by atoms with Crippen molar-refractivity contribution >= 4 is 5.97 Å². The molecule has 0 aromatic heterocycles. The molecule has 0 bridgehead atoms. The molecule has 2 heteroatoms. The molecule has 1 aliphatic carbocycles. The van der Waals surface area contributed by atoms with Crippen molar-refractivity contribution in [1.29, 1.82) is 0 Å². The smallest absolute Gasteiger partial charge is 0.328 e. The van der Waals surface area contributed by atoms with Crippen molar-refractivity contribution in [2.75, 3.05) is 0 Å². The first-order valence-corrected chi connectivity index (χ1v) is 16.1. The molecule has 1 N–H and O–H groups in total. The van der Waals surface area contributed by atoms with Gasteiger partial charge in [0.1, 0.15) is 0 Å². The van der Waals surface area contributed by atoms with Crippen LogP contribution in [0.4, 0.5) is 0 Å². The molecule has 0 fully saturated rings. The van der Waals surface area contributed by atoms with E-state index in [9.17, 15) is 9.90 Å². The van der Waals surface area contributed by atoms with Gasteiger partial charge in [-0.15, -0.1) is 0 Å². The van der Waals surface area contributed by atoms with Gasteiger partial charge in [0.25, 0.3) is 0 Å². The van der Waals surface area contributed by atoms with Crippen molar-refractivity contribution in [2.45, 2.75) is 144 Å². The largest absolute Gasteiger partial charge is 0.478 e. The zero-order chi connectivity index (χ0) is 29.6. The van der Waals surface area contributed by atoms with E-state index in [-0.39, 0.29) is 5.41 Å². The van der Waals surface area contributed by atoms with E-state index in [1.54, 1.807) is 0 Å². The first kappa shape index (κ1) is 35.7. The Morgan fingerprint density at radius 2 is 1.50 bits per heavy atom. The molecule has 0 atom stereocenters. The predicted octanol–water partition coefficient (Wildman–Crippen LogP) is 12.2. The van der Waals surface area contributed by atoms with Crippen molar-refractivity contribution in [3.05, 3.63) is 82.5 Å². The highest BCUT2D eigenvalue weighted by Crippen LogP contribution is 2.40. The SMILES string of the molecule is CCCCC/C=C\C/C=C\CCCCCCCCC(=C\C=C(C)\C=C\C1=C(C)CCCC1(C)C)/C(C)=C/C(=O)O. The number of rotatable bonds is 20. The predicted molar refractivity (Wildman–Crippen MR) is 177 cm³/mol. The Bertz CT molecular complexity index is 946. The maximum absolute atomic E-state index is 11.3. The molecule has 0 heterocycles. The van der Waals surface area contributed by atoms with Crippen molar-refractivity contribution in [3.63, 3.8) is 0 Å². The lowest BCUT2D eigenvalue weighted by Crippen LogP contribution is -2.19. The van der Waals surface area contributed by atoms with Crippen LogP contribution in [0.3, 0.4) is 0 Å². The van der Waals surface area contributed by atoms with Gasteiger partial charge in [0.05, 0.1) is 0 Å². The first-order valence-electron chi connectivity index (χ1n) is 16.1. The minimum Gasteiger partial charge on any atom is -0.478 e. The van der Waals surface area contributed by atoms with Crippen LogP contribution in [-0.4, -0.2) is 11.1 Å². The number of allylic oxidation sites excluding steroid dienone is 13. The minimum atomic E-state index is -0.872. The van der Waals surface area contributed by atoms with Crippen LogP contribution in [-0.2, 0) is 4.79 Å². The van der Waals surface area contributed by atoms with Crippen molar-refractivity contribution < 1.29 is 9.90 Å². The fourth-order valence-corrected chi connectivity index (χ4v) is 5.51. The number of carbonyl (C=O) groups is 1. The van der Waals surface area contributed by atoms with Gasteiger partial charge in [-0.1, -0.05) is 119 Å². The molecule has 0 saturated carbocycles. The van der Waals surface area contributed by atoms with Gasteiger partial charge in [0, 0.05) is 6.08 Å². The number of hydrogen-bond acceptors (Lipinski definition) is 1. The molecule has 0 aliphatic heterocycles. The van der Waals surface area contributed by atoms with Crippen molar-refractivity contribution in [3.8, 4) is 0 Å². The Hall–Kier alpha value is -2.35. The van der Waals surface area contributed by atoms with Gasteiger partial charge >= 0.3 is 5.97 Å². The third-order valence-electron chi connectivity index (χ3n) is 8.10. The summed E-state index contributed by atoms with van der Waals surface area (Å²) in [7, 11) is 0.